The molecule has 0 aromatic rings. The average Bonchev–Trinajstić information content (AvgIpc) is 1.00. The quantitative estimate of drug-likeness (QED) is 0.205. The molecular formula is C13H63I2K2PY+2. The zero-order chi connectivity index (χ0) is 2.00. The molecule has 0 aromatic carbocycles. The SMILES string of the molecule is C.C.C.C.C.C.C.C.C.C.C.C.C.I.P.[2H]I.[3H+].[3H+].[H-].[H-].[HH].[K+].[K+].[Y]. The molecule has 19 heavy (non-hydrogen) atoms. The Morgan fingerprint density at radius 2 is 0.526 bits per heavy atom. The first-order chi connectivity index (χ1) is 1.00. The van der Waals surface area contributed by atoms with Crippen LogP contribution in [0.4, 0.5) is 0 Å². The minimum atomic E-state index is 0. The summed E-state index contributed by atoms with van der Waals surface area (Å²) in [6.45, 7) is 0. The van der Waals surface area contributed by atoms with E-state index in [1.807, 2.05) is 0 Å². The maximum atomic E-state index is 5.72. The van der Waals surface area contributed by atoms with Gasteiger partial charge in [0.1, 0.15) is 0.594 Å². The molecule has 0 aromatic heterocycles. The van der Waals surface area contributed by atoms with Crippen LogP contribution < -0.4 is 103 Å². The van der Waals surface area contributed by atoms with Crippen molar-refractivity contribution in [3.63, 3.8) is 0 Å². The maximum Gasteiger partial charge on any atom is 1.00 e. The van der Waals surface area contributed by atoms with E-state index in [0.717, 1.165) is 0 Å². The predicted octanol–water partition coefficient (Wildman–Crippen LogP) is 4.26. The first-order valence-corrected chi connectivity index (χ1v) is 0. The summed E-state index contributed by atoms with van der Waals surface area (Å²) >= 11 is 1.40. The Bertz CT molecular complexity index is 48.5. The molecule has 0 aliphatic rings. The van der Waals surface area contributed by atoms with Crippen molar-refractivity contribution in [2.24, 2.45) is 0 Å². The van der Waals surface area contributed by atoms with Crippen molar-refractivity contribution in [2.75, 3.05) is 0 Å². The van der Waals surface area contributed by atoms with Crippen molar-refractivity contribution in [3.8, 4) is 0 Å². The van der Waals surface area contributed by atoms with E-state index in [4.69, 9.17) is 0.594 Å². The molecule has 1 unspecified atom stereocenters. The maximum absolute atomic E-state index is 5.72. The Morgan fingerprint density at radius 1 is 0.526 bits per heavy atom. The fraction of sp³-hybridized carbons (Fsp3) is 1.00. The normalized spacial score (nSPS) is 0.368. The van der Waals surface area contributed by atoms with Gasteiger partial charge in [-0.05, 0) is 0 Å². The Morgan fingerprint density at radius 3 is 0.526 bits per heavy atom. The molecule has 0 fully saturated rings. The van der Waals surface area contributed by atoms with Gasteiger partial charge in [0.25, 0.3) is 0 Å². The summed E-state index contributed by atoms with van der Waals surface area (Å²) in [5.41, 5.74) is 0. The number of halogens is 2. The van der Waals surface area contributed by atoms with Crippen LogP contribution in [0.1, 0.15) is 104 Å². The average molecular weight is 677 g/mol. The van der Waals surface area contributed by atoms with Crippen LogP contribution in [0.15, 0.2) is 0 Å². The number of hydrogen-bond acceptors (Lipinski definition) is 0. The third-order valence-corrected chi connectivity index (χ3v) is 0. The summed E-state index contributed by atoms with van der Waals surface area (Å²) in [5.74, 6) is 0. The van der Waals surface area contributed by atoms with Gasteiger partial charge in [0.2, 0.25) is 0 Å². The van der Waals surface area contributed by atoms with Crippen LogP contribution in [0.5, 0.6) is 0 Å². The van der Waals surface area contributed by atoms with Crippen molar-refractivity contribution in [2.45, 2.75) is 96.5 Å². The van der Waals surface area contributed by atoms with Crippen LogP contribution in [-0.2, 0) is 32.7 Å². The molecule has 0 saturated heterocycles. The Kier molecular flexibility index (Phi) is 4960. The molecular weight excluding hydrogens is 608 g/mol. The molecule has 0 spiro atoms. The summed E-state index contributed by atoms with van der Waals surface area (Å²) in [6.07, 6.45) is 0. The fourth-order valence-electron chi connectivity index (χ4n) is 0. The van der Waals surface area contributed by atoms with Crippen molar-refractivity contribution in [1.29, 1.82) is 0.594 Å². The van der Waals surface area contributed by atoms with Gasteiger partial charge in [-0.1, -0.05) is 96.5 Å². The van der Waals surface area contributed by atoms with E-state index in [9.17, 15) is 0 Å². The van der Waals surface area contributed by atoms with Crippen LogP contribution in [0.2, 0.25) is 0 Å². The molecule has 0 bridgehead atoms. The van der Waals surface area contributed by atoms with E-state index < -0.39 is 0 Å². The second kappa shape index (κ2) is 335. The molecule has 0 rings (SSSR count). The molecule has 0 amide bonds. The summed E-state index contributed by atoms with van der Waals surface area (Å²) in [5, 5.41) is 0. The summed E-state index contributed by atoms with van der Waals surface area (Å²) in [7, 11) is 0. The smallest absolute Gasteiger partial charge is 1.00 e. The van der Waals surface area contributed by atoms with Crippen LogP contribution in [0.3, 0.4) is 0 Å². The fourth-order valence-corrected chi connectivity index (χ4v) is 0. The topological polar surface area (TPSA) is 0 Å². The molecule has 1 atom stereocenters. The molecule has 1 radical (unpaired) electrons. The van der Waals surface area contributed by atoms with E-state index in [1.165, 1.54) is 23.8 Å². The van der Waals surface area contributed by atoms with Gasteiger partial charge in [-0.15, -0.1) is 47.8 Å². The van der Waals surface area contributed by atoms with Crippen LogP contribution in [-0.4, -0.2) is 0.594 Å². The van der Waals surface area contributed by atoms with E-state index in [1.54, 1.807) is 0 Å². The first-order valence-electron chi connectivity index (χ1n) is 0.378. The zero-order valence-electron chi connectivity index (χ0n) is 9.07. The van der Waals surface area contributed by atoms with Crippen LogP contribution in [0.25, 0.3) is 0 Å². The van der Waals surface area contributed by atoms with Crippen molar-refractivity contribution in [1.82, 2.24) is 0 Å². The second-order valence-electron chi connectivity index (χ2n) is 0. The van der Waals surface area contributed by atoms with E-state index in [0.29, 0.717) is 0 Å². The Hall–Kier alpha value is 6.27. The molecule has 6 heteroatoms. The van der Waals surface area contributed by atoms with Gasteiger partial charge < -0.3 is 2.85 Å². The molecule has 137 valence electrons. The molecule has 0 saturated carbocycles. The standard InChI is InChI=1S/13CH4.2HI.2K.H3P.Y.H2.2H/h13*1H4;2*1H;;;1H3;;1H;;/q;;;;;;;;;;;;;;;2*+1;;;;2*-1/p+2/i/hT2D. The van der Waals surface area contributed by atoms with E-state index >= 15 is 0 Å². The summed E-state index contributed by atoms with van der Waals surface area (Å²) in [6, 6.07) is 0. The predicted molar refractivity (Wildman–Crippen MR) is 136 cm³/mol. The molecule has 0 aliphatic heterocycles. The molecule has 0 N–H and O–H groups in total. The van der Waals surface area contributed by atoms with Gasteiger partial charge in [-0.25, -0.2) is 0 Å². The first kappa shape index (κ1) is 282. The third-order valence-electron chi connectivity index (χ3n) is 0. The van der Waals surface area contributed by atoms with Gasteiger partial charge in [-0.2, -0.15) is 9.90 Å². The van der Waals surface area contributed by atoms with Crippen molar-refractivity contribution < 1.29 is 143 Å². The minimum absolute atomic E-state index is 0. The molecule has 0 aliphatic carbocycles. The monoisotopic (exact) mass is 676 g/mol. The Balaban J connectivity index is -0.0000000000198. The Labute approximate surface area is 290 Å². The van der Waals surface area contributed by atoms with E-state index in [2.05, 4.69) is 0 Å². The minimum Gasteiger partial charge on any atom is -1.00 e. The van der Waals surface area contributed by atoms with Crippen molar-refractivity contribution in [3.05, 3.63) is 0 Å². The van der Waals surface area contributed by atoms with Gasteiger partial charge in [0.05, 0.1) is 0 Å². The summed E-state index contributed by atoms with van der Waals surface area (Å²) in [4.78, 5) is 0. The van der Waals surface area contributed by atoms with E-state index in [-0.39, 0.29) is 273 Å². The third kappa shape index (κ3) is 306. The van der Waals surface area contributed by atoms with Gasteiger partial charge in [0.15, 0.2) is 0 Å². The molecule has 0 nitrogen and oxygen atoms in total. The number of rotatable bonds is 0. The van der Waals surface area contributed by atoms with Gasteiger partial charge >= 0.3 is 106 Å². The number of hydrogen-bond donors (Lipinski definition) is 0. The zero-order valence-corrected chi connectivity index (χ0v) is 19.1. The molecule has 0 heterocycles. The van der Waals surface area contributed by atoms with Gasteiger partial charge in [0, 0.05) is 34.1 Å². The summed E-state index contributed by atoms with van der Waals surface area (Å²) < 4.78 is 5.72. The van der Waals surface area contributed by atoms with Crippen molar-refractivity contribution >= 4 is 57.7 Å². The van der Waals surface area contributed by atoms with Crippen LogP contribution >= 0.6 is 57.7 Å². The van der Waals surface area contributed by atoms with Crippen LogP contribution in [0, 0.1) is 0 Å². The largest absolute Gasteiger partial charge is 1.00 e. The van der Waals surface area contributed by atoms with Gasteiger partial charge in [-0.3, -0.25) is 0 Å². The second-order valence-corrected chi connectivity index (χ2v) is 0.